The molecule has 0 bridgehead atoms. The average molecular weight is 391 g/mol. The molecule has 0 aliphatic carbocycles. The highest BCUT2D eigenvalue weighted by Crippen LogP contribution is 2.29. The highest BCUT2D eigenvalue weighted by atomic mass is 32.2. The molecule has 0 unspecified atom stereocenters. The topological polar surface area (TPSA) is 101 Å². The van der Waals surface area contributed by atoms with Gasteiger partial charge < -0.3 is 9.84 Å². The molecule has 0 saturated carbocycles. The van der Waals surface area contributed by atoms with Gasteiger partial charge in [-0.25, -0.2) is 13.1 Å². The van der Waals surface area contributed by atoms with Gasteiger partial charge >= 0.3 is 6.18 Å². The minimum absolute atomic E-state index is 0.0339. The Morgan fingerprint density at radius 2 is 1.77 bits per heavy atom. The Morgan fingerprint density at radius 3 is 2.27 bits per heavy atom. The number of halogens is 3. The molecule has 26 heavy (non-hydrogen) atoms. The van der Waals surface area contributed by atoms with Crippen LogP contribution < -0.4 is 10.0 Å². The lowest BCUT2D eigenvalue weighted by Gasteiger charge is -2.09. The maximum Gasteiger partial charge on any atom is 0.416 e. The van der Waals surface area contributed by atoms with Crippen LogP contribution in [0.5, 0.6) is 0 Å². The van der Waals surface area contributed by atoms with Gasteiger partial charge in [0.25, 0.3) is 5.91 Å². The first kappa shape index (κ1) is 19.9. The fourth-order valence-corrected chi connectivity index (χ4v) is 3.56. The van der Waals surface area contributed by atoms with Crippen LogP contribution in [0.3, 0.4) is 0 Å². The summed E-state index contributed by atoms with van der Waals surface area (Å²) >= 11 is 0. The second-order valence-corrected chi connectivity index (χ2v) is 7.09. The van der Waals surface area contributed by atoms with Gasteiger partial charge in [-0.05, 0) is 38.1 Å². The van der Waals surface area contributed by atoms with Gasteiger partial charge in [0.2, 0.25) is 10.0 Å². The number of hydrogen-bond donors (Lipinski definition) is 2. The third kappa shape index (κ3) is 4.61. The van der Waals surface area contributed by atoms with Crippen molar-refractivity contribution in [1.29, 1.82) is 0 Å². The first-order valence-electron chi connectivity index (χ1n) is 7.40. The molecule has 2 aromatic rings. The van der Waals surface area contributed by atoms with Crippen molar-refractivity contribution < 1.29 is 30.9 Å². The Kier molecular flexibility index (Phi) is 5.71. The summed E-state index contributed by atoms with van der Waals surface area (Å²) in [5, 5.41) is 5.98. The van der Waals surface area contributed by atoms with Gasteiger partial charge in [0.1, 0.15) is 10.6 Å². The minimum Gasteiger partial charge on any atom is -0.360 e. The molecule has 1 heterocycles. The number of aromatic nitrogens is 1. The zero-order valence-corrected chi connectivity index (χ0v) is 14.7. The highest BCUT2D eigenvalue weighted by molar-refractivity contribution is 7.89. The first-order chi connectivity index (χ1) is 12.0. The Bertz CT molecular complexity index is 870. The van der Waals surface area contributed by atoms with E-state index < -0.39 is 27.7 Å². The Hall–Kier alpha value is -2.40. The van der Waals surface area contributed by atoms with Crippen molar-refractivity contribution in [3.63, 3.8) is 0 Å². The second kappa shape index (κ2) is 7.46. The van der Waals surface area contributed by atoms with Crippen molar-refractivity contribution in [3.8, 4) is 0 Å². The molecule has 0 spiro atoms. The summed E-state index contributed by atoms with van der Waals surface area (Å²) in [4.78, 5) is 11.8. The van der Waals surface area contributed by atoms with Crippen LogP contribution in [-0.2, 0) is 16.2 Å². The second-order valence-electron chi connectivity index (χ2n) is 5.38. The summed E-state index contributed by atoms with van der Waals surface area (Å²) in [7, 11) is -3.85. The van der Waals surface area contributed by atoms with Crippen LogP contribution in [0.4, 0.5) is 13.2 Å². The number of carbonyl (C=O) groups is 1. The Labute approximate surface area is 147 Å². The van der Waals surface area contributed by atoms with Crippen LogP contribution in [0.25, 0.3) is 0 Å². The van der Waals surface area contributed by atoms with Crippen LogP contribution in [0, 0.1) is 13.8 Å². The SMILES string of the molecule is Cc1noc(C)c1S(=O)(=O)NCCNC(=O)c1ccc(C(F)(F)F)cc1. The van der Waals surface area contributed by atoms with Crippen molar-refractivity contribution >= 4 is 15.9 Å². The number of nitrogens with zero attached hydrogens (tertiary/aromatic N) is 1. The lowest BCUT2D eigenvalue weighted by Crippen LogP contribution is -2.35. The van der Waals surface area contributed by atoms with Gasteiger partial charge in [-0.2, -0.15) is 13.2 Å². The molecule has 2 N–H and O–H groups in total. The van der Waals surface area contributed by atoms with Crippen LogP contribution >= 0.6 is 0 Å². The van der Waals surface area contributed by atoms with E-state index >= 15 is 0 Å². The number of hydrogen-bond acceptors (Lipinski definition) is 5. The molecule has 142 valence electrons. The summed E-state index contributed by atoms with van der Waals surface area (Å²) in [6, 6.07) is 3.70. The van der Waals surface area contributed by atoms with Gasteiger partial charge in [-0.3, -0.25) is 4.79 Å². The molecule has 0 atom stereocenters. The molecular formula is C15H16F3N3O4S. The van der Waals surface area contributed by atoms with E-state index in [0.717, 1.165) is 24.3 Å². The predicted octanol–water partition coefficient (Wildman–Crippen LogP) is 2.02. The van der Waals surface area contributed by atoms with Gasteiger partial charge in [-0.1, -0.05) is 5.16 Å². The maximum absolute atomic E-state index is 12.5. The molecule has 1 aromatic carbocycles. The van der Waals surface area contributed by atoms with E-state index in [-0.39, 0.29) is 35.0 Å². The standard InChI is InChI=1S/C15H16F3N3O4S/c1-9-13(10(2)25-21-9)26(23,24)20-8-7-19-14(22)11-3-5-12(6-4-11)15(16,17)18/h3-6,20H,7-8H2,1-2H3,(H,19,22). The number of benzene rings is 1. The van der Waals surface area contributed by atoms with Crippen LogP contribution in [0.2, 0.25) is 0 Å². The van der Waals surface area contributed by atoms with Gasteiger partial charge in [0.05, 0.1) is 5.56 Å². The molecule has 0 saturated heterocycles. The minimum atomic E-state index is -4.48. The first-order valence-corrected chi connectivity index (χ1v) is 8.88. The van der Waals surface area contributed by atoms with E-state index in [9.17, 15) is 26.4 Å². The zero-order valence-electron chi connectivity index (χ0n) is 13.8. The normalized spacial score (nSPS) is 12.2. The lowest BCUT2D eigenvalue weighted by atomic mass is 10.1. The molecule has 1 aromatic heterocycles. The highest BCUT2D eigenvalue weighted by Gasteiger charge is 2.30. The monoisotopic (exact) mass is 391 g/mol. The molecule has 0 aliphatic rings. The lowest BCUT2D eigenvalue weighted by molar-refractivity contribution is -0.137. The van der Waals surface area contributed by atoms with E-state index in [2.05, 4.69) is 15.2 Å². The number of rotatable bonds is 6. The molecule has 11 heteroatoms. The Morgan fingerprint density at radius 1 is 1.15 bits per heavy atom. The quantitative estimate of drug-likeness (QED) is 0.734. The summed E-state index contributed by atoms with van der Waals surface area (Å²) in [5.74, 6) is -0.473. The van der Waals surface area contributed by atoms with Crippen molar-refractivity contribution in [1.82, 2.24) is 15.2 Å². The maximum atomic E-state index is 12.5. The number of alkyl halides is 3. The fourth-order valence-electron chi connectivity index (χ4n) is 2.20. The van der Waals surface area contributed by atoms with Crippen molar-refractivity contribution in [3.05, 3.63) is 46.8 Å². The van der Waals surface area contributed by atoms with Crippen molar-refractivity contribution in [2.75, 3.05) is 13.1 Å². The van der Waals surface area contributed by atoms with Crippen LogP contribution in [0.15, 0.2) is 33.7 Å². The molecular weight excluding hydrogens is 375 g/mol. The number of aryl methyl sites for hydroxylation is 2. The van der Waals surface area contributed by atoms with E-state index in [0.29, 0.717) is 0 Å². The third-order valence-electron chi connectivity index (χ3n) is 3.41. The van der Waals surface area contributed by atoms with Crippen molar-refractivity contribution in [2.45, 2.75) is 24.9 Å². The fraction of sp³-hybridized carbons (Fsp3) is 0.333. The largest absolute Gasteiger partial charge is 0.416 e. The van der Waals surface area contributed by atoms with E-state index in [1.54, 1.807) is 0 Å². The Balaban J connectivity index is 1.89. The third-order valence-corrected chi connectivity index (χ3v) is 5.12. The number of carbonyl (C=O) groups excluding carboxylic acids is 1. The zero-order chi connectivity index (χ0) is 19.5. The average Bonchev–Trinajstić information content (AvgIpc) is 2.90. The van der Waals surface area contributed by atoms with E-state index in [1.165, 1.54) is 13.8 Å². The summed E-state index contributed by atoms with van der Waals surface area (Å²) in [5.41, 5.74) is -0.614. The molecule has 0 fully saturated rings. The van der Waals surface area contributed by atoms with Gasteiger partial charge in [-0.15, -0.1) is 0 Å². The smallest absolute Gasteiger partial charge is 0.360 e. The molecule has 7 nitrogen and oxygen atoms in total. The molecule has 0 aliphatic heterocycles. The molecule has 0 radical (unpaired) electrons. The van der Waals surface area contributed by atoms with E-state index in [1.807, 2.05) is 0 Å². The molecule has 1 amide bonds. The number of amides is 1. The number of sulfonamides is 1. The van der Waals surface area contributed by atoms with Gasteiger partial charge in [0, 0.05) is 18.7 Å². The van der Waals surface area contributed by atoms with Gasteiger partial charge in [0.15, 0.2) is 5.76 Å². The predicted molar refractivity (Wildman–Crippen MR) is 84.9 cm³/mol. The van der Waals surface area contributed by atoms with E-state index in [4.69, 9.17) is 4.52 Å². The summed E-state index contributed by atoms with van der Waals surface area (Å²) < 4.78 is 68.8. The van der Waals surface area contributed by atoms with Crippen LogP contribution in [0.1, 0.15) is 27.4 Å². The number of nitrogens with one attached hydrogen (secondary N) is 2. The summed E-state index contributed by atoms with van der Waals surface area (Å²) in [6.45, 7) is 2.78. The van der Waals surface area contributed by atoms with Crippen LogP contribution in [-0.4, -0.2) is 32.6 Å². The molecule has 2 rings (SSSR count). The van der Waals surface area contributed by atoms with Crippen molar-refractivity contribution in [2.24, 2.45) is 0 Å². The summed E-state index contributed by atoms with van der Waals surface area (Å²) in [6.07, 6.45) is -4.48.